The van der Waals surface area contributed by atoms with Crippen molar-refractivity contribution in [3.05, 3.63) is 64.9 Å². The maximum absolute atomic E-state index is 5.96. The van der Waals surface area contributed by atoms with Crippen LogP contribution in [-0.2, 0) is 13.0 Å². The van der Waals surface area contributed by atoms with Gasteiger partial charge in [0.1, 0.15) is 5.82 Å². The van der Waals surface area contributed by atoms with Crippen molar-refractivity contribution in [1.29, 1.82) is 0 Å². The molecule has 0 unspecified atom stereocenters. The molecule has 3 rings (SSSR count). The minimum absolute atomic E-state index is 0.776. The van der Waals surface area contributed by atoms with Crippen molar-refractivity contribution >= 4 is 22.6 Å². The van der Waals surface area contributed by atoms with E-state index >= 15 is 0 Å². The molecular weight excluding hydrogens is 280 g/mol. The van der Waals surface area contributed by atoms with Gasteiger partial charge in [-0.05, 0) is 36.2 Å². The van der Waals surface area contributed by atoms with Gasteiger partial charge in [-0.25, -0.2) is 4.98 Å². The lowest BCUT2D eigenvalue weighted by atomic mass is 10.1. The average molecular weight is 299 g/mol. The van der Waals surface area contributed by atoms with Crippen LogP contribution in [0.2, 0.25) is 5.02 Å². The van der Waals surface area contributed by atoms with Gasteiger partial charge in [-0.15, -0.1) is 0 Å². The van der Waals surface area contributed by atoms with Crippen LogP contribution in [0.25, 0.3) is 11.0 Å². The van der Waals surface area contributed by atoms with Crippen LogP contribution >= 0.6 is 11.6 Å². The summed E-state index contributed by atoms with van der Waals surface area (Å²) in [5.74, 6) is 1.13. The molecule has 108 valence electrons. The fourth-order valence-corrected chi connectivity index (χ4v) is 2.74. The molecule has 0 atom stereocenters. The number of imidazole rings is 1. The summed E-state index contributed by atoms with van der Waals surface area (Å²) in [4.78, 5) is 4.81. The van der Waals surface area contributed by atoms with Crippen LogP contribution in [-0.4, -0.2) is 9.55 Å². The molecule has 0 N–H and O–H groups in total. The summed E-state index contributed by atoms with van der Waals surface area (Å²) in [6, 6.07) is 16.4. The Kier molecular flexibility index (Phi) is 4.26. The number of nitrogens with zero attached hydrogens (tertiary/aromatic N) is 2. The standard InChI is InChI=1S/C18H19ClN2/c1-2-3-12-21-17-7-5-4-6-16(17)20-18(21)13-14-8-10-15(19)11-9-14/h4-11H,2-3,12-13H2,1H3. The summed E-state index contributed by atoms with van der Waals surface area (Å²) in [5.41, 5.74) is 3.56. The Morgan fingerprint density at radius 2 is 1.81 bits per heavy atom. The van der Waals surface area contributed by atoms with Gasteiger partial charge in [-0.1, -0.05) is 49.2 Å². The fraction of sp³-hybridized carbons (Fsp3) is 0.278. The van der Waals surface area contributed by atoms with E-state index < -0.39 is 0 Å². The molecule has 2 nitrogen and oxygen atoms in total. The highest BCUT2D eigenvalue weighted by Crippen LogP contribution is 2.20. The number of para-hydroxylation sites is 2. The summed E-state index contributed by atoms with van der Waals surface area (Å²) in [6.45, 7) is 3.25. The van der Waals surface area contributed by atoms with Crippen molar-refractivity contribution in [2.75, 3.05) is 0 Å². The number of benzene rings is 2. The van der Waals surface area contributed by atoms with E-state index in [4.69, 9.17) is 16.6 Å². The number of hydrogen-bond donors (Lipinski definition) is 0. The zero-order valence-electron chi connectivity index (χ0n) is 12.2. The molecule has 1 heterocycles. The number of unbranched alkanes of at least 4 members (excludes halogenated alkanes) is 1. The van der Waals surface area contributed by atoms with Crippen molar-refractivity contribution in [3.8, 4) is 0 Å². The van der Waals surface area contributed by atoms with E-state index in [0.29, 0.717) is 0 Å². The maximum atomic E-state index is 5.96. The first kappa shape index (κ1) is 14.2. The van der Waals surface area contributed by atoms with Gasteiger partial charge in [0.2, 0.25) is 0 Å². The minimum Gasteiger partial charge on any atom is -0.328 e. The van der Waals surface area contributed by atoms with Gasteiger partial charge < -0.3 is 4.57 Å². The van der Waals surface area contributed by atoms with Gasteiger partial charge in [0.15, 0.2) is 0 Å². The van der Waals surface area contributed by atoms with Crippen molar-refractivity contribution < 1.29 is 0 Å². The van der Waals surface area contributed by atoms with Crippen LogP contribution < -0.4 is 0 Å². The third-order valence-electron chi connectivity index (χ3n) is 3.74. The van der Waals surface area contributed by atoms with Crippen LogP contribution in [0.1, 0.15) is 31.2 Å². The number of hydrogen-bond acceptors (Lipinski definition) is 1. The first-order chi connectivity index (χ1) is 10.3. The molecule has 0 bridgehead atoms. The van der Waals surface area contributed by atoms with Gasteiger partial charge in [-0.3, -0.25) is 0 Å². The number of aromatic nitrogens is 2. The average Bonchev–Trinajstić information content (AvgIpc) is 2.85. The molecule has 2 aromatic carbocycles. The highest BCUT2D eigenvalue weighted by atomic mass is 35.5. The third-order valence-corrected chi connectivity index (χ3v) is 4.00. The van der Waals surface area contributed by atoms with Crippen molar-refractivity contribution in [2.24, 2.45) is 0 Å². The molecule has 0 amide bonds. The van der Waals surface area contributed by atoms with Gasteiger partial charge in [0, 0.05) is 18.0 Å². The molecule has 3 heteroatoms. The Labute approximate surface area is 130 Å². The molecule has 1 aromatic heterocycles. The monoisotopic (exact) mass is 298 g/mol. The summed E-state index contributed by atoms with van der Waals surface area (Å²) in [6.07, 6.45) is 3.20. The molecule has 21 heavy (non-hydrogen) atoms. The smallest absolute Gasteiger partial charge is 0.114 e. The predicted octanol–water partition coefficient (Wildman–Crippen LogP) is 5.08. The predicted molar refractivity (Wildman–Crippen MR) is 88.9 cm³/mol. The number of halogens is 1. The van der Waals surface area contributed by atoms with Crippen LogP contribution in [0.3, 0.4) is 0 Å². The highest BCUT2D eigenvalue weighted by Gasteiger charge is 2.10. The SMILES string of the molecule is CCCCn1c(Cc2ccc(Cl)cc2)nc2ccccc21. The molecule has 0 radical (unpaired) electrons. The Hall–Kier alpha value is -1.80. The van der Waals surface area contributed by atoms with Crippen LogP contribution in [0, 0.1) is 0 Å². The Morgan fingerprint density at radius 3 is 2.57 bits per heavy atom. The quantitative estimate of drug-likeness (QED) is 0.642. The van der Waals surface area contributed by atoms with E-state index in [1.54, 1.807) is 0 Å². The molecule has 0 saturated heterocycles. The van der Waals surface area contributed by atoms with Crippen LogP contribution in [0.15, 0.2) is 48.5 Å². The zero-order chi connectivity index (χ0) is 14.7. The van der Waals surface area contributed by atoms with Gasteiger partial charge in [0.05, 0.1) is 11.0 Å². The first-order valence-electron chi connectivity index (χ1n) is 7.46. The van der Waals surface area contributed by atoms with Crippen molar-refractivity contribution in [3.63, 3.8) is 0 Å². The number of aryl methyl sites for hydroxylation is 1. The lowest BCUT2D eigenvalue weighted by Crippen LogP contribution is -2.04. The molecule has 0 saturated carbocycles. The molecule has 0 aliphatic rings. The summed E-state index contributed by atoms with van der Waals surface area (Å²) in [5, 5.41) is 0.776. The third kappa shape index (κ3) is 3.11. The molecule has 0 aliphatic carbocycles. The first-order valence-corrected chi connectivity index (χ1v) is 7.84. The van der Waals surface area contributed by atoms with Gasteiger partial charge in [-0.2, -0.15) is 0 Å². The second-order valence-corrected chi connectivity index (χ2v) is 5.76. The topological polar surface area (TPSA) is 17.8 Å². The van der Waals surface area contributed by atoms with E-state index in [2.05, 4.69) is 41.8 Å². The van der Waals surface area contributed by atoms with Gasteiger partial charge in [0.25, 0.3) is 0 Å². The van der Waals surface area contributed by atoms with Crippen molar-refractivity contribution in [2.45, 2.75) is 32.7 Å². The van der Waals surface area contributed by atoms with E-state index in [9.17, 15) is 0 Å². The van der Waals surface area contributed by atoms with E-state index in [-0.39, 0.29) is 0 Å². The lowest BCUT2D eigenvalue weighted by molar-refractivity contribution is 0.623. The Balaban J connectivity index is 1.97. The van der Waals surface area contributed by atoms with Gasteiger partial charge >= 0.3 is 0 Å². The fourth-order valence-electron chi connectivity index (χ4n) is 2.61. The molecule has 3 aromatic rings. The van der Waals surface area contributed by atoms with E-state index in [1.165, 1.54) is 23.9 Å². The van der Waals surface area contributed by atoms with E-state index in [0.717, 1.165) is 29.3 Å². The zero-order valence-corrected chi connectivity index (χ0v) is 13.0. The normalized spacial score (nSPS) is 11.1. The molecule has 0 aliphatic heterocycles. The molecular formula is C18H19ClN2. The number of fused-ring (bicyclic) bond motifs is 1. The summed E-state index contributed by atoms with van der Waals surface area (Å²) >= 11 is 5.96. The highest BCUT2D eigenvalue weighted by molar-refractivity contribution is 6.30. The Bertz CT molecular complexity index is 729. The maximum Gasteiger partial charge on any atom is 0.114 e. The second kappa shape index (κ2) is 6.31. The minimum atomic E-state index is 0.776. The van der Waals surface area contributed by atoms with E-state index in [1.807, 2.05) is 18.2 Å². The number of rotatable bonds is 5. The summed E-state index contributed by atoms with van der Waals surface area (Å²) < 4.78 is 2.35. The van der Waals surface area contributed by atoms with Crippen LogP contribution in [0.4, 0.5) is 0 Å². The Morgan fingerprint density at radius 1 is 1.05 bits per heavy atom. The lowest BCUT2D eigenvalue weighted by Gasteiger charge is -2.08. The molecule has 0 fully saturated rings. The second-order valence-electron chi connectivity index (χ2n) is 5.33. The largest absolute Gasteiger partial charge is 0.328 e. The summed E-state index contributed by atoms with van der Waals surface area (Å²) in [7, 11) is 0. The van der Waals surface area contributed by atoms with Crippen LogP contribution in [0.5, 0.6) is 0 Å². The van der Waals surface area contributed by atoms with Crippen molar-refractivity contribution in [1.82, 2.24) is 9.55 Å². The molecule has 0 spiro atoms.